The summed E-state index contributed by atoms with van der Waals surface area (Å²) in [5.41, 5.74) is 3.25. The van der Waals surface area contributed by atoms with E-state index >= 15 is 0 Å². The number of halogens is 1. The van der Waals surface area contributed by atoms with Gasteiger partial charge in [0, 0.05) is 5.92 Å². The molecule has 0 radical (unpaired) electrons. The molecule has 0 aliphatic carbocycles. The van der Waals surface area contributed by atoms with Crippen LogP contribution in [0, 0.1) is 0 Å². The normalized spacial score (nSPS) is 16.1. The predicted molar refractivity (Wildman–Crippen MR) is 123 cm³/mol. The van der Waals surface area contributed by atoms with Gasteiger partial charge >= 0.3 is 3.98 Å². The minimum Gasteiger partial charge on any atom is -0.457 e. The van der Waals surface area contributed by atoms with E-state index in [-0.39, 0.29) is 23.4 Å². The highest BCUT2D eigenvalue weighted by Crippen LogP contribution is 2.44. The number of hydrogen-bond donors (Lipinski definition) is 0. The molecule has 0 saturated heterocycles. The lowest BCUT2D eigenvalue weighted by atomic mass is 9.81. The molecule has 156 valence electrons. The maximum atomic E-state index is 13.4. The van der Waals surface area contributed by atoms with Gasteiger partial charge in [0.15, 0.2) is 0 Å². The highest BCUT2D eigenvalue weighted by molar-refractivity contribution is 14.1. The molecular formula is C23H27IO4S. The molecule has 1 heterocycles. The minimum absolute atomic E-state index is 0.110. The first-order valence-electron chi connectivity index (χ1n) is 9.59. The number of carbonyl (C=O) groups is 1. The van der Waals surface area contributed by atoms with E-state index in [1.54, 1.807) is 34.7 Å². The van der Waals surface area contributed by atoms with Crippen LogP contribution >= 0.6 is 22.6 Å². The maximum Gasteiger partial charge on any atom is 0.367 e. The van der Waals surface area contributed by atoms with Crippen molar-refractivity contribution in [2.75, 3.05) is 6.61 Å². The van der Waals surface area contributed by atoms with Gasteiger partial charge < -0.3 is 4.74 Å². The van der Waals surface area contributed by atoms with Crippen molar-refractivity contribution >= 4 is 36.4 Å². The fourth-order valence-corrected chi connectivity index (χ4v) is 5.61. The van der Waals surface area contributed by atoms with E-state index in [4.69, 9.17) is 4.74 Å². The van der Waals surface area contributed by atoms with Crippen LogP contribution in [0.1, 0.15) is 69.7 Å². The zero-order valence-corrected chi connectivity index (χ0v) is 20.6. The Morgan fingerprint density at radius 2 is 1.31 bits per heavy atom. The molecule has 4 nitrogen and oxygen atoms in total. The molecule has 6 heteroatoms. The molecule has 0 fully saturated rings. The SMILES string of the molecule is CC(C)(C)c1ccc2c(c1)C(COC(=O)I)c1cc(C(C)(C)C)ccc1S2(=O)=O. The summed E-state index contributed by atoms with van der Waals surface area (Å²) in [5.74, 6) is -0.327. The van der Waals surface area contributed by atoms with Gasteiger partial charge in [-0.3, -0.25) is 0 Å². The Balaban J connectivity index is 2.30. The molecule has 0 atom stereocenters. The molecule has 1 aliphatic rings. The largest absolute Gasteiger partial charge is 0.457 e. The molecule has 0 unspecified atom stereocenters. The molecule has 29 heavy (non-hydrogen) atoms. The minimum atomic E-state index is -3.64. The van der Waals surface area contributed by atoms with Crippen molar-refractivity contribution in [1.82, 2.24) is 0 Å². The summed E-state index contributed by atoms with van der Waals surface area (Å²) < 4.78 is 31.7. The summed E-state index contributed by atoms with van der Waals surface area (Å²) in [6.45, 7) is 12.7. The second kappa shape index (κ2) is 7.38. The van der Waals surface area contributed by atoms with E-state index in [0.29, 0.717) is 20.9 Å². The number of fused-ring (bicyclic) bond motifs is 2. The summed E-state index contributed by atoms with van der Waals surface area (Å²) in [6.07, 6.45) is 0. The lowest BCUT2D eigenvalue weighted by Gasteiger charge is -2.31. The van der Waals surface area contributed by atoms with E-state index < -0.39 is 13.8 Å². The number of ether oxygens (including phenoxy) is 1. The van der Waals surface area contributed by atoms with Crippen molar-refractivity contribution in [3.05, 3.63) is 58.7 Å². The van der Waals surface area contributed by atoms with Crippen LogP contribution in [-0.2, 0) is 25.4 Å². The smallest absolute Gasteiger partial charge is 0.367 e. The van der Waals surface area contributed by atoms with Gasteiger partial charge in [0.05, 0.1) is 32.4 Å². The number of benzene rings is 2. The maximum absolute atomic E-state index is 13.4. The van der Waals surface area contributed by atoms with Gasteiger partial charge in [-0.15, -0.1) is 0 Å². The number of rotatable bonds is 2. The summed E-state index contributed by atoms with van der Waals surface area (Å²) in [7, 11) is -3.64. The molecule has 3 rings (SSSR count). The van der Waals surface area contributed by atoms with Crippen molar-refractivity contribution < 1.29 is 17.9 Å². The highest BCUT2D eigenvalue weighted by atomic mass is 127. The third-order valence-corrected chi connectivity index (χ3v) is 7.66. The monoisotopic (exact) mass is 526 g/mol. The van der Waals surface area contributed by atoms with Gasteiger partial charge in [-0.25, -0.2) is 13.2 Å². The van der Waals surface area contributed by atoms with Crippen LogP contribution in [0.4, 0.5) is 4.79 Å². The van der Waals surface area contributed by atoms with Gasteiger partial charge in [-0.2, -0.15) is 0 Å². The van der Waals surface area contributed by atoms with Crippen LogP contribution in [0.25, 0.3) is 0 Å². The van der Waals surface area contributed by atoms with Crippen LogP contribution in [0.3, 0.4) is 0 Å². The summed E-state index contributed by atoms with van der Waals surface area (Å²) >= 11 is 1.60. The predicted octanol–water partition coefficient (Wildman–Crippen LogP) is 6.13. The van der Waals surface area contributed by atoms with Crippen molar-refractivity contribution in [3.8, 4) is 0 Å². The molecule has 2 aromatic rings. The summed E-state index contributed by atoms with van der Waals surface area (Å²) in [5, 5.41) is 0. The lowest BCUT2D eigenvalue weighted by Crippen LogP contribution is -2.25. The van der Waals surface area contributed by atoms with Gasteiger partial charge in [0.1, 0.15) is 6.61 Å². The topological polar surface area (TPSA) is 60.4 Å². The second-order valence-corrected chi connectivity index (χ2v) is 12.4. The van der Waals surface area contributed by atoms with Gasteiger partial charge in [-0.05, 0) is 45.2 Å². The van der Waals surface area contributed by atoms with Crippen LogP contribution < -0.4 is 0 Å². The summed E-state index contributed by atoms with van der Waals surface area (Å²) in [6, 6.07) is 11.1. The van der Waals surface area contributed by atoms with Crippen LogP contribution in [0.2, 0.25) is 0 Å². The van der Waals surface area contributed by atoms with E-state index in [1.165, 1.54) is 0 Å². The first-order valence-corrected chi connectivity index (χ1v) is 12.2. The average molecular weight is 526 g/mol. The Hall–Kier alpha value is -1.41. The molecule has 0 aromatic heterocycles. The molecule has 1 aliphatic heterocycles. The fourth-order valence-electron chi connectivity index (χ4n) is 3.68. The first kappa shape index (κ1) is 22.3. The molecule has 0 N–H and O–H groups in total. The molecule has 0 spiro atoms. The average Bonchev–Trinajstić information content (AvgIpc) is 2.59. The van der Waals surface area contributed by atoms with E-state index in [0.717, 1.165) is 11.1 Å². The Morgan fingerprint density at radius 1 is 0.897 bits per heavy atom. The number of carbonyl (C=O) groups excluding carboxylic acids is 1. The highest BCUT2D eigenvalue weighted by Gasteiger charge is 2.37. The molecular weight excluding hydrogens is 499 g/mol. The van der Waals surface area contributed by atoms with E-state index in [1.807, 2.05) is 24.3 Å². The van der Waals surface area contributed by atoms with Gasteiger partial charge in [0.25, 0.3) is 0 Å². The Bertz CT molecular complexity index is 1000. The zero-order chi connectivity index (χ0) is 21.8. The Labute approximate surface area is 187 Å². The standard InChI is InChI=1S/C23H27IO4S/c1-22(2,3)14-7-9-19-16(11-14)18(13-28-21(24)25)17-12-15(23(4,5)6)8-10-20(17)29(19,26)27/h7-12,18H,13H2,1-6H3. The van der Waals surface area contributed by atoms with Gasteiger partial charge in [-0.1, -0.05) is 65.8 Å². The van der Waals surface area contributed by atoms with Crippen molar-refractivity contribution in [1.29, 1.82) is 0 Å². The summed E-state index contributed by atoms with van der Waals surface area (Å²) in [4.78, 5) is 12.1. The molecule has 0 bridgehead atoms. The second-order valence-electron chi connectivity index (χ2n) is 9.61. The van der Waals surface area contributed by atoms with Gasteiger partial charge in [0.2, 0.25) is 9.84 Å². The van der Waals surface area contributed by atoms with E-state index in [2.05, 4.69) is 41.5 Å². The number of sulfone groups is 1. The Kier molecular flexibility index (Phi) is 5.67. The quantitative estimate of drug-likeness (QED) is 0.349. The third-order valence-electron chi connectivity index (χ3n) is 5.44. The van der Waals surface area contributed by atoms with Crippen molar-refractivity contribution in [2.24, 2.45) is 0 Å². The number of hydrogen-bond acceptors (Lipinski definition) is 4. The van der Waals surface area contributed by atoms with Crippen LogP contribution in [0.15, 0.2) is 46.2 Å². The van der Waals surface area contributed by atoms with Crippen molar-refractivity contribution in [2.45, 2.75) is 68.1 Å². The molecule has 0 amide bonds. The fraction of sp³-hybridized carbons (Fsp3) is 0.435. The van der Waals surface area contributed by atoms with Crippen LogP contribution in [0.5, 0.6) is 0 Å². The third kappa shape index (κ3) is 4.24. The Morgan fingerprint density at radius 3 is 1.66 bits per heavy atom. The lowest BCUT2D eigenvalue weighted by molar-refractivity contribution is 0.174. The molecule has 2 aromatic carbocycles. The van der Waals surface area contributed by atoms with Crippen molar-refractivity contribution in [3.63, 3.8) is 0 Å². The zero-order valence-electron chi connectivity index (χ0n) is 17.7. The first-order chi connectivity index (χ1) is 13.2. The molecule has 0 saturated carbocycles. The van der Waals surface area contributed by atoms with E-state index in [9.17, 15) is 13.2 Å². The van der Waals surface area contributed by atoms with Crippen LogP contribution in [-0.4, -0.2) is 19.0 Å².